The van der Waals surface area contributed by atoms with E-state index in [9.17, 15) is 4.79 Å². The number of hydrogen-bond donors (Lipinski definition) is 2. The molecule has 0 saturated carbocycles. The summed E-state index contributed by atoms with van der Waals surface area (Å²) in [5.74, 6) is 0.222. The average molecular weight is 307 g/mol. The summed E-state index contributed by atoms with van der Waals surface area (Å²) in [6.07, 6.45) is 0. The predicted octanol–water partition coefficient (Wildman–Crippen LogP) is 3.96. The maximum Gasteiger partial charge on any atom is 0.234 e. The molecule has 0 saturated heterocycles. The topological polar surface area (TPSA) is 55.1 Å². The van der Waals surface area contributed by atoms with Gasteiger partial charge >= 0.3 is 0 Å². The molecule has 0 radical (unpaired) electrons. The van der Waals surface area contributed by atoms with Crippen molar-refractivity contribution in [1.29, 1.82) is 0 Å². The number of halogens is 1. The van der Waals surface area contributed by atoms with Gasteiger partial charge in [-0.15, -0.1) is 11.8 Å². The van der Waals surface area contributed by atoms with E-state index in [0.717, 1.165) is 16.1 Å². The van der Waals surface area contributed by atoms with E-state index < -0.39 is 0 Å². The van der Waals surface area contributed by atoms with E-state index >= 15 is 0 Å². The Balaban J connectivity index is 1.96. The molecule has 2 rings (SSSR count). The van der Waals surface area contributed by atoms with Gasteiger partial charge in [-0.1, -0.05) is 29.8 Å². The third-order valence-corrected chi connectivity index (χ3v) is 4.32. The molecule has 3 N–H and O–H groups in total. The van der Waals surface area contributed by atoms with Crippen LogP contribution in [0.4, 0.5) is 11.4 Å². The predicted molar refractivity (Wildman–Crippen MR) is 86.4 cm³/mol. The fraction of sp³-hybridized carbons (Fsp3) is 0.133. The fourth-order valence-corrected chi connectivity index (χ4v) is 2.73. The second kappa shape index (κ2) is 6.68. The molecule has 0 bridgehead atoms. The quantitative estimate of drug-likeness (QED) is 0.664. The third kappa shape index (κ3) is 3.68. The molecule has 0 unspecified atom stereocenters. The van der Waals surface area contributed by atoms with Crippen molar-refractivity contribution in [2.45, 2.75) is 11.8 Å². The maximum atomic E-state index is 11.9. The van der Waals surface area contributed by atoms with E-state index in [1.54, 1.807) is 12.1 Å². The number of para-hydroxylation sites is 1. The zero-order valence-electron chi connectivity index (χ0n) is 11.0. The molecule has 0 atom stereocenters. The molecular formula is C15H15ClN2OS. The molecule has 0 aliphatic carbocycles. The number of amides is 1. The molecule has 3 nitrogen and oxygen atoms in total. The first-order chi connectivity index (χ1) is 9.58. The number of thioether (sulfide) groups is 1. The Labute approximate surface area is 127 Å². The lowest BCUT2D eigenvalue weighted by molar-refractivity contribution is -0.113. The number of nitrogens with one attached hydrogen (secondary N) is 1. The number of carbonyl (C=O) groups excluding carboxylic acids is 1. The van der Waals surface area contributed by atoms with Gasteiger partial charge in [-0.05, 0) is 36.8 Å². The summed E-state index contributed by atoms with van der Waals surface area (Å²) in [7, 11) is 0. The van der Waals surface area contributed by atoms with Gasteiger partial charge in [0, 0.05) is 10.6 Å². The van der Waals surface area contributed by atoms with Crippen molar-refractivity contribution in [3.63, 3.8) is 0 Å². The Morgan fingerprint density at radius 2 is 2.00 bits per heavy atom. The van der Waals surface area contributed by atoms with Crippen LogP contribution in [0, 0.1) is 6.92 Å². The molecule has 20 heavy (non-hydrogen) atoms. The zero-order valence-corrected chi connectivity index (χ0v) is 12.6. The average Bonchev–Trinajstić information content (AvgIpc) is 2.43. The summed E-state index contributed by atoms with van der Waals surface area (Å²) in [6, 6.07) is 12.9. The van der Waals surface area contributed by atoms with Crippen molar-refractivity contribution in [1.82, 2.24) is 0 Å². The summed E-state index contributed by atoms with van der Waals surface area (Å²) >= 11 is 7.45. The molecule has 0 heterocycles. The molecular weight excluding hydrogens is 292 g/mol. The normalized spacial score (nSPS) is 10.3. The van der Waals surface area contributed by atoms with Gasteiger partial charge in [-0.3, -0.25) is 4.79 Å². The van der Waals surface area contributed by atoms with E-state index in [-0.39, 0.29) is 5.91 Å². The minimum atomic E-state index is -0.0927. The SMILES string of the molecule is Cc1c(N)cccc1SCC(=O)Nc1ccccc1Cl. The first kappa shape index (κ1) is 14.8. The van der Waals surface area contributed by atoms with Gasteiger partial charge in [-0.25, -0.2) is 0 Å². The monoisotopic (exact) mass is 306 g/mol. The van der Waals surface area contributed by atoms with E-state index in [1.165, 1.54) is 11.8 Å². The van der Waals surface area contributed by atoms with Gasteiger partial charge in [0.25, 0.3) is 0 Å². The molecule has 0 aliphatic rings. The summed E-state index contributed by atoms with van der Waals surface area (Å²) in [6.45, 7) is 1.95. The van der Waals surface area contributed by atoms with Crippen molar-refractivity contribution in [2.75, 3.05) is 16.8 Å². The van der Waals surface area contributed by atoms with Gasteiger partial charge in [0.05, 0.1) is 16.5 Å². The Hall–Kier alpha value is -1.65. The van der Waals surface area contributed by atoms with Crippen LogP contribution in [0.5, 0.6) is 0 Å². The first-order valence-corrected chi connectivity index (χ1v) is 7.46. The maximum absolute atomic E-state index is 11.9. The first-order valence-electron chi connectivity index (χ1n) is 6.10. The number of benzene rings is 2. The molecule has 104 valence electrons. The lowest BCUT2D eigenvalue weighted by atomic mass is 10.2. The Bertz CT molecular complexity index is 631. The number of carbonyl (C=O) groups is 1. The smallest absolute Gasteiger partial charge is 0.234 e. The van der Waals surface area contributed by atoms with Crippen molar-refractivity contribution in [3.8, 4) is 0 Å². The highest BCUT2D eigenvalue weighted by molar-refractivity contribution is 8.00. The zero-order chi connectivity index (χ0) is 14.5. The number of anilines is 2. The molecule has 2 aromatic carbocycles. The number of rotatable bonds is 4. The molecule has 0 spiro atoms. The third-order valence-electron chi connectivity index (χ3n) is 2.83. The van der Waals surface area contributed by atoms with Crippen LogP contribution in [0.3, 0.4) is 0 Å². The summed E-state index contributed by atoms with van der Waals surface area (Å²) in [4.78, 5) is 12.9. The molecule has 5 heteroatoms. The molecule has 0 fully saturated rings. The van der Waals surface area contributed by atoms with Crippen LogP contribution in [0.2, 0.25) is 5.02 Å². The van der Waals surface area contributed by atoms with Gasteiger partial charge in [0.1, 0.15) is 0 Å². The van der Waals surface area contributed by atoms with E-state index in [1.807, 2.05) is 37.3 Å². The highest BCUT2D eigenvalue weighted by Crippen LogP contribution is 2.26. The van der Waals surface area contributed by atoms with E-state index in [4.69, 9.17) is 17.3 Å². The van der Waals surface area contributed by atoms with Crippen LogP contribution in [-0.4, -0.2) is 11.7 Å². The molecule has 1 amide bonds. The van der Waals surface area contributed by atoms with Crippen molar-refractivity contribution in [2.24, 2.45) is 0 Å². The van der Waals surface area contributed by atoms with Gasteiger partial charge in [0.2, 0.25) is 5.91 Å². The minimum absolute atomic E-state index is 0.0927. The molecule has 2 aromatic rings. The fourth-order valence-electron chi connectivity index (χ4n) is 1.68. The number of hydrogen-bond acceptors (Lipinski definition) is 3. The van der Waals surface area contributed by atoms with E-state index in [2.05, 4.69) is 5.32 Å². The highest BCUT2D eigenvalue weighted by Gasteiger charge is 2.08. The Kier molecular flexibility index (Phi) is 4.93. The molecule has 0 aliphatic heterocycles. The largest absolute Gasteiger partial charge is 0.398 e. The van der Waals surface area contributed by atoms with Crippen LogP contribution in [0.25, 0.3) is 0 Å². The van der Waals surface area contributed by atoms with E-state index in [0.29, 0.717) is 16.5 Å². The standard InChI is InChI=1S/C15H15ClN2OS/c1-10-12(17)6-4-8-14(10)20-9-15(19)18-13-7-3-2-5-11(13)16/h2-8H,9,17H2,1H3,(H,18,19). The van der Waals surface area contributed by atoms with Crippen LogP contribution in [0.15, 0.2) is 47.4 Å². The van der Waals surface area contributed by atoms with Gasteiger partial charge in [0.15, 0.2) is 0 Å². The van der Waals surface area contributed by atoms with Crippen molar-refractivity contribution in [3.05, 3.63) is 53.1 Å². The second-order valence-electron chi connectivity index (χ2n) is 4.29. The van der Waals surface area contributed by atoms with Gasteiger partial charge in [-0.2, -0.15) is 0 Å². The van der Waals surface area contributed by atoms with Crippen molar-refractivity contribution >= 4 is 40.6 Å². The lowest BCUT2D eigenvalue weighted by Crippen LogP contribution is -2.14. The summed E-state index contributed by atoms with van der Waals surface area (Å²) < 4.78 is 0. The van der Waals surface area contributed by atoms with Crippen LogP contribution >= 0.6 is 23.4 Å². The van der Waals surface area contributed by atoms with Crippen LogP contribution < -0.4 is 11.1 Å². The second-order valence-corrected chi connectivity index (χ2v) is 5.71. The molecule has 0 aromatic heterocycles. The van der Waals surface area contributed by atoms with Crippen LogP contribution in [0.1, 0.15) is 5.56 Å². The minimum Gasteiger partial charge on any atom is -0.398 e. The number of nitrogens with two attached hydrogens (primary N) is 1. The lowest BCUT2D eigenvalue weighted by Gasteiger charge is -2.09. The Morgan fingerprint density at radius 3 is 2.75 bits per heavy atom. The Morgan fingerprint density at radius 1 is 1.25 bits per heavy atom. The summed E-state index contributed by atoms with van der Waals surface area (Å²) in [5.41, 5.74) is 8.21. The van der Waals surface area contributed by atoms with Crippen LogP contribution in [-0.2, 0) is 4.79 Å². The van der Waals surface area contributed by atoms with Crippen molar-refractivity contribution < 1.29 is 4.79 Å². The number of nitrogen functional groups attached to an aromatic ring is 1. The summed E-state index contributed by atoms with van der Waals surface area (Å²) in [5, 5.41) is 3.32. The van der Waals surface area contributed by atoms with Gasteiger partial charge < -0.3 is 11.1 Å². The highest BCUT2D eigenvalue weighted by atomic mass is 35.5.